The van der Waals surface area contributed by atoms with E-state index in [1.165, 1.54) is 7.11 Å². The van der Waals surface area contributed by atoms with Crippen molar-refractivity contribution in [1.29, 1.82) is 0 Å². The second-order valence-electron chi connectivity index (χ2n) is 7.18. The minimum absolute atomic E-state index is 0.0259. The summed E-state index contributed by atoms with van der Waals surface area (Å²) < 4.78 is 10.1. The number of fused-ring (bicyclic) bond motifs is 3. The van der Waals surface area contributed by atoms with Crippen LogP contribution in [0.15, 0.2) is 35.9 Å². The third-order valence-corrected chi connectivity index (χ3v) is 7.76. The maximum absolute atomic E-state index is 13.1. The van der Waals surface area contributed by atoms with Crippen LogP contribution >= 0.6 is 15.9 Å². The fourth-order valence-corrected chi connectivity index (χ4v) is 6.80. The average Bonchev–Trinajstić information content (AvgIpc) is 2.61. The molecule has 1 saturated carbocycles. The lowest BCUT2D eigenvalue weighted by atomic mass is 9.46. The van der Waals surface area contributed by atoms with E-state index in [1.54, 1.807) is 0 Å². The zero-order chi connectivity index (χ0) is 16.7. The molecule has 4 nitrogen and oxygen atoms in total. The maximum atomic E-state index is 13.1. The van der Waals surface area contributed by atoms with E-state index in [0.717, 1.165) is 29.5 Å². The quantitative estimate of drug-likeness (QED) is 0.421. The van der Waals surface area contributed by atoms with E-state index >= 15 is 0 Å². The van der Waals surface area contributed by atoms with Crippen molar-refractivity contribution in [3.05, 3.63) is 47.0 Å². The summed E-state index contributed by atoms with van der Waals surface area (Å²) in [5.41, 5.74) is 2.39. The predicted molar refractivity (Wildman–Crippen MR) is 89.8 cm³/mol. The number of hydrogen-bond donors (Lipinski definition) is 0. The largest absolute Gasteiger partial charge is 0.468 e. The molecule has 1 aromatic rings. The monoisotopic (exact) mass is 388 g/mol. The summed E-state index contributed by atoms with van der Waals surface area (Å²) in [6, 6.07) is 8.04. The van der Waals surface area contributed by atoms with Crippen LogP contribution in [0.4, 0.5) is 0 Å². The van der Waals surface area contributed by atoms with Gasteiger partial charge in [-0.05, 0) is 36.0 Å². The second kappa shape index (κ2) is 4.51. The highest BCUT2D eigenvalue weighted by atomic mass is 79.9. The first-order valence-corrected chi connectivity index (χ1v) is 9.12. The van der Waals surface area contributed by atoms with Crippen LogP contribution in [-0.2, 0) is 24.5 Å². The Morgan fingerprint density at radius 2 is 2.17 bits per heavy atom. The van der Waals surface area contributed by atoms with Crippen LogP contribution in [0.1, 0.15) is 36.3 Å². The molecule has 6 rings (SSSR count). The highest BCUT2D eigenvalue weighted by Gasteiger charge is 2.73. The van der Waals surface area contributed by atoms with Gasteiger partial charge in [0.1, 0.15) is 15.8 Å². The molecule has 5 atom stereocenters. The molecule has 24 heavy (non-hydrogen) atoms. The number of halogens is 1. The number of alkyl halides is 1. The number of esters is 2. The van der Waals surface area contributed by atoms with Crippen molar-refractivity contribution in [3.63, 3.8) is 0 Å². The molecule has 2 saturated heterocycles. The highest BCUT2D eigenvalue weighted by molar-refractivity contribution is 9.10. The molecular formula is C19H17BrO4. The summed E-state index contributed by atoms with van der Waals surface area (Å²) in [5, 5.41) is 0. The minimum Gasteiger partial charge on any atom is -0.468 e. The van der Waals surface area contributed by atoms with Gasteiger partial charge < -0.3 is 9.47 Å². The van der Waals surface area contributed by atoms with Crippen molar-refractivity contribution in [2.75, 3.05) is 7.11 Å². The Morgan fingerprint density at radius 1 is 1.38 bits per heavy atom. The molecule has 2 aliphatic heterocycles. The average molecular weight is 389 g/mol. The van der Waals surface area contributed by atoms with Crippen molar-refractivity contribution in [2.24, 2.45) is 5.92 Å². The second-order valence-corrected chi connectivity index (χ2v) is 8.49. The number of methoxy groups -OCH3 is 1. The Morgan fingerprint density at radius 3 is 2.96 bits per heavy atom. The van der Waals surface area contributed by atoms with E-state index in [-0.39, 0.29) is 29.9 Å². The van der Waals surface area contributed by atoms with E-state index in [9.17, 15) is 9.59 Å². The number of carbonyl (C=O) groups excluding carboxylic acids is 2. The van der Waals surface area contributed by atoms with Gasteiger partial charge in [-0.15, -0.1) is 0 Å². The molecule has 5 aliphatic rings. The summed E-state index contributed by atoms with van der Waals surface area (Å²) in [5.74, 6) is -0.692. The van der Waals surface area contributed by atoms with E-state index < -0.39 is 9.74 Å². The van der Waals surface area contributed by atoms with Gasteiger partial charge in [0.25, 0.3) is 0 Å². The van der Waals surface area contributed by atoms with Crippen molar-refractivity contribution in [2.45, 2.75) is 41.0 Å². The Labute approximate surface area is 148 Å². The lowest BCUT2D eigenvalue weighted by Gasteiger charge is -2.63. The van der Waals surface area contributed by atoms with Gasteiger partial charge in [-0.25, -0.2) is 0 Å². The molecular weight excluding hydrogens is 372 g/mol. The lowest BCUT2D eigenvalue weighted by Crippen LogP contribution is -2.70. The van der Waals surface area contributed by atoms with Crippen LogP contribution in [0.2, 0.25) is 0 Å². The summed E-state index contributed by atoms with van der Waals surface area (Å²) in [4.78, 5) is 25.9. The molecule has 0 unspecified atom stereocenters. The number of allylic oxidation sites excluding steroid dienone is 1. The van der Waals surface area contributed by atoms with Crippen LogP contribution in [0, 0.1) is 5.92 Å². The normalized spacial score (nSPS) is 41.2. The summed E-state index contributed by atoms with van der Waals surface area (Å²) in [7, 11) is 1.43. The van der Waals surface area contributed by atoms with E-state index in [4.69, 9.17) is 9.47 Å². The first-order valence-electron chi connectivity index (χ1n) is 8.33. The molecule has 0 amide bonds. The molecule has 4 bridgehead atoms. The molecule has 2 heterocycles. The fourth-order valence-electron chi connectivity index (χ4n) is 5.61. The molecule has 0 N–H and O–H groups in total. The van der Waals surface area contributed by atoms with Gasteiger partial charge >= 0.3 is 11.9 Å². The standard InChI is InChI=1S/C19H17BrO4/c1-23-16(21)18-8-4-6-11-14-9-13(10-5-2-3-7-12(10)18)19(20,15(11)18)17(22)24-14/h2-3,5-7,13-15H,4,8-9H2,1H3/t13-,14+,15+,18-,19+/m1/s1. The summed E-state index contributed by atoms with van der Waals surface area (Å²) >= 11 is 3.78. The van der Waals surface area contributed by atoms with Crippen LogP contribution in [0.3, 0.4) is 0 Å². The molecule has 1 aromatic carbocycles. The SMILES string of the molecule is COC(=O)[C@]12CCC=C3[C@@H]4C[C@H](c5ccccc51)[C@@](Br)(C(=O)O4)[C@@H]32. The fraction of sp³-hybridized carbons (Fsp3) is 0.474. The van der Waals surface area contributed by atoms with Gasteiger partial charge in [-0.3, -0.25) is 9.59 Å². The van der Waals surface area contributed by atoms with Crippen molar-refractivity contribution in [3.8, 4) is 0 Å². The molecule has 3 aliphatic carbocycles. The highest BCUT2D eigenvalue weighted by Crippen LogP contribution is 2.68. The van der Waals surface area contributed by atoms with Crippen LogP contribution in [0.25, 0.3) is 0 Å². The Balaban J connectivity index is 1.90. The molecule has 0 radical (unpaired) electrons. The maximum Gasteiger partial charge on any atom is 0.324 e. The van der Waals surface area contributed by atoms with Crippen LogP contribution < -0.4 is 0 Å². The van der Waals surface area contributed by atoms with Crippen LogP contribution in [0.5, 0.6) is 0 Å². The molecule has 0 spiro atoms. The van der Waals surface area contributed by atoms with Gasteiger partial charge in [-0.1, -0.05) is 46.3 Å². The molecule has 5 heteroatoms. The summed E-state index contributed by atoms with van der Waals surface area (Å²) in [6.45, 7) is 0. The van der Waals surface area contributed by atoms with Gasteiger partial charge in [0.2, 0.25) is 0 Å². The Bertz CT molecular complexity index is 815. The zero-order valence-corrected chi connectivity index (χ0v) is 14.8. The molecule has 0 aromatic heterocycles. The van der Waals surface area contributed by atoms with Gasteiger partial charge in [0.05, 0.1) is 7.11 Å². The Hall–Kier alpha value is -1.62. The topological polar surface area (TPSA) is 52.6 Å². The third kappa shape index (κ3) is 1.38. The van der Waals surface area contributed by atoms with Crippen molar-refractivity contribution >= 4 is 27.9 Å². The number of carbonyl (C=O) groups is 2. The first-order chi connectivity index (χ1) is 11.5. The van der Waals surface area contributed by atoms with Crippen molar-refractivity contribution < 1.29 is 19.1 Å². The first kappa shape index (κ1) is 14.7. The molecule has 3 fully saturated rings. The Kier molecular flexibility index (Phi) is 2.76. The van der Waals surface area contributed by atoms with Gasteiger partial charge in [0, 0.05) is 11.8 Å². The number of benzene rings is 1. The number of ether oxygens (including phenoxy) is 2. The van der Waals surface area contributed by atoms with E-state index in [2.05, 4.69) is 28.1 Å². The molecule has 124 valence electrons. The minimum atomic E-state index is -0.878. The predicted octanol–water partition coefficient (Wildman–Crippen LogP) is 2.99. The smallest absolute Gasteiger partial charge is 0.324 e. The number of hydrogen-bond acceptors (Lipinski definition) is 4. The third-order valence-electron chi connectivity index (χ3n) is 6.42. The van der Waals surface area contributed by atoms with Crippen molar-refractivity contribution in [1.82, 2.24) is 0 Å². The number of rotatable bonds is 1. The van der Waals surface area contributed by atoms with E-state index in [0.29, 0.717) is 6.42 Å². The zero-order valence-electron chi connectivity index (χ0n) is 13.3. The summed E-state index contributed by atoms with van der Waals surface area (Å²) in [6.07, 6.45) is 4.17. The van der Waals surface area contributed by atoms with Crippen LogP contribution in [-0.4, -0.2) is 29.5 Å². The van der Waals surface area contributed by atoms with E-state index in [1.807, 2.05) is 18.2 Å². The van der Waals surface area contributed by atoms with Gasteiger partial charge in [-0.2, -0.15) is 0 Å². The lowest BCUT2D eigenvalue weighted by molar-refractivity contribution is -0.173. The van der Waals surface area contributed by atoms with Gasteiger partial charge in [0.15, 0.2) is 0 Å².